The highest BCUT2D eigenvalue weighted by Crippen LogP contribution is 2.30. The molecule has 0 radical (unpaired) electrons. The van der Waals surface area contributed by atoms with Crippen LogP contribution in [0.2, 0.25) is 0 Å². The van der Waals surface area contributed by atoms with Crippen LogP contribution in [-0.2, 0) is 0 Å². The first kappa shape index (κ1) is 17.4. The number of aromatic nitrogens is 3. The average molecular weight is 348 g/mol. The van der Waals surface area contributed by atoms with Crippen LogP contribution in [0, 0.1) is 12.7 Å². The van der Waals surface area contributed by atoms with Gasteiger partial charge in [0.05, 0.1) is 22.6 Å². The Bertz CT molecular complexity index is 909. The summed E-state index contributed by atoms with van der Waals surface area (Å²) in [4.78, 5) is 22.6. The molecule has 1 amide bonds. The lowest BCUT2D eigenvalue weighted by atomic mass is 10.1. The van der Waals surface area contributed by atoms with Gasteiger partial charge in [-0.15, -0.1) is 12.4 Å². The molecule has 0 atom stereocenters. The van der Waals surface area contributed by atoms with Gasteiger partial charge in [0.25, 0.3) is 5.91 Å². The van der Waals surface area contributed by atoms with Crippen molar-refractivity contribution in [2.45, 2.75) is 6.92 Å². The summed E-state index contributed by atoms with van der Waals surface area (Å²) in [5, 5.41) is 0. The van der Waals surface area contributed by atoms with Gasteiger partial charge < -0.3 is 16.5 Å². The Balaban J connectivity index is 0.00000208. The van der Waals surface area contributed by atoms with Crippen molar-refractivity contribution in [1.82, 2.24) is 15.0 Å². The second kappa shape index (κ2) is 6.67. The van der Waals surface area contributed by atoms with Gasteiger partial charge >= 0.3 is 0 Å². The minimum atomic E-state index is -0.662. The number of nitrogens with one attached hydrogen (secondary N) is 1. The van der Waals surface area contributed by atoms with Crippen LogP contribution in [0.1, 0.15) is 15.9 Å². The van der Waals surface area contributed by atoms with Crippen molar-refractivity contribution in [3.05, 3.63) is 53.5 Å². The fraction of sp³-hybridized carbons (Fsp3) is 0.0625. The SMILES string of the molecule is Cc1ccc(-c2[nH]c(-c3ccnc(N)n3)cc2C(N)=O)c(F)c1.Cl. The zero-order chi connectivity index (χ0) is 16.6. The molecule has 2 heterocycles. The third-order valence-electron chi connectivity index (χ3n) is 3.43. The first-order valence-corrected chi connectivity index (χ1v) is 6.84. The van der Waals surface area contributed by atoms with E-state index in [-0.39, 0.29) is 29.5 Å². The summed E-state index contributed by atoms with van der Waals surface area (Å²) in [6, 6.07) is 7.90. The summed E-state index contributed by atoms with van der Waals surface area (Å²) in [5.74, 6) is -1.01. The maximum atomic E-state index is 14.2. The van der Waals surface area contributed by atoms with Crippen LogP contribution < -0.4 is 11.5 Å². The molecule has 3 rings (SSSR count). The van der Waals surface area contributed by atoms with Gasteiger partial charge in [-0.25, -0.2) is 14.4 Å². The van der Waals surface area contributed by atoms with Gasteiger partial charge in [0.1, 0.15) is 5.82 Å². The molecule has 0 saturated heterocycles. The Morgan fingerprint density at radius 3 is 2.62 bits per heavy atom. The van der Waals surface area contributed by atoms with E-state index in [0.29, 0.717) is 17.1 Å². The molecule has 0 aliphatic heterocycles. The number of benzene rings is 1. The van der Waals surface area contributed by atoms with E-state index >= 15 is 0 Å². The quantitative estimate of drug-likeness (QED) is 0.676. The number of aryl methyl sites for hydroxylation is 1. The summed E-state index contributed by atoms with van der Waals surface area (Å²) in [5.41, 5.74) is 13.5. The van der Waals surface area contributed by atoms with Gasteiger partial charge in [0.15, 0.2) is 0 Å². The smallest absolute Gasteiger partial charge is 0.250 e. The van der Waals surface area contributed by atoms with E-state index < -0.39 is 11.7 Å². The molecule has 1 aromatic carbocycles. The van der Waals surface area contributed by atoms with Crippen molar-refractivity contribution in [3.63, 3.8) is 0 Å². The zero-order valence-electron chi connectivity index (χ0n) is 12.7. The summed E-state index contributed by atoms with van der Waals surface area (Å²) in [7, 11) is 0. The Morgan fingerprint density at radius 2 is 2.00 bits per heavy atom. The standard InChI is InChI=1S/C16H14FN5O.ClH/c1-8-2-3-9(11(17)6-8)14-10(15(18)23)7-13(21-14)12-4-5-20-16(19)22-12;/h2-7,21H,1H3,(H2,18,23)(H2,19,20,22);1H. The van der Waals surface area contributed by atoms with Crippen LogP contribution in [0.15, 0.2) is 36.5 Å². The van der Waals surface area contributed by atoms with Gasteiger partial charge in [-0.1, -0.05) is 6.07 Å². The highest BCUT2D eigenvalue weighted by Gasteiger charge is 2.18. The molecule has 124 valence electrons. The first-order chi connectivity index (χ1) is 11.0. The molecule has 0 aliphatic carbocycles. The van der Waals surface area contributed by atoms with Crippen LogP contribution in [0.3, 0.4) is 0 Å². The van der Waals surface area contributed by atoms with E-state index in [1.54, 1.807) is 25.1 Å². The molecule has 0 fully saturated rings. The number of hydrogen-bond donors (Lipinski definition) is 3. The Hall–Kier alpha value is -2.93. The molecule has 0 spiro atoms. The van der Waals surface area contributed by atoms with Gasteiger partial charge in [0.2, 0.25) is 5.95 Å². The van der Waals surface area contributed by atoms with Crippen molar-refractivity contribution in [3.8, 4) is 22.6 Å². The zero-order valence-corrected chi connectivity index (χ0v) is 13.5. The lowest BCUT2D eigenvalue weighted by molar-refractivity contribution is 0.100. The van der Waals surface area contributed by atoms with Crippen molar-refractivity contribution < 1.29 is 9.18 Å². The van der Waals surface area contributed by atoms with E-state index in [9.17, 15) is 9.18 Å². The van der Waals surface area contributed by atoms with Crippen molar-refractivity contribution in [1.29, 1.82) is 0 Å². The van der Waals surface area contributed by atoms with Crippen LogP contribution in [0.4, 0.5) is 10.3 Å². The van der Waals surface area contributed by atoms with Gasteiger partial charge in [-0.2, -0.15) is 0 Å². The second-order valence-corrected chi connectivity index (χ2v) is 5.12. The van der Waals surface area contributed by atoms with E-state index in [1.165, 1.54) is 18.3 Å². The van der Waals surface area contributed by atoms with Crippen LogP contribution in [-0.4, -0.2) is 20.9 Å². The number of carbonyl (C=O) groups excluding carboxylic acids is 1. The van der Waals surface area contributed by atoms with E-state index in [0.717, 1.165) is 5.56 Å². The third kappa shape index (κ3) is 3.21. The first-order valence-electron chi connectivity index (χ1n) is 6.84. The van der Waals surface area contributed by atoms with E-state index in [2.05, 4.69) is 15.0 Å². The lowest BCUT2D eigenvalue weighted by Crippen LogP contribution is -2.11. The number of nitrogen functional groups attached to an aromatic ring is 1. The highest BCUT2D eigenvalue weighted by molar-refractivity contribution is 6.00. The van der Waals surface area contributed by atoms with Crippen molar-refractivity contribution in [2.75, 3.05) is 5.73 Å². The fourth-order valence-corrected chi connectivity index (χ4v) is 2.35. The fourth-order valence-electron chi connectivity index (χ4n) is 2.35. The number of H-pyrrole nitrogens is 1. The van der Waals surface area contributed by atoms with Crippen LogP contribution in [0.25, 0.3) is 22.6 Å². The number of aromatic amines is 1. The van der Waals surface area contributed by atoms with E-state index in [4.69, 9.17) is 11.5 Å². The Kier molecular flexibility index (Phi) is 4.85. The molecule has 0 aliphatic rings. The normalized spacial score (nSPS) is 10.2. The molecule has 6 nitrogen and oxygen atoms in total. The number of anilines is 1. The molecule has 0 unspecified atom stereocenters. The van der Waals surface area contributed by atoms with Gasteiger partial charge in [-0.3, -0.25) is 4.79 Å². The van der Waals surface area contributed by atoms with Gasteiger partial charge in [-0.05, 0) is 36.8 Å². The Labute approximate surface area is 143 Å². The molecule has 3 aromatic rings. The lowest BCUT2D eigenvalue weighted by Gasteiger charge is -2.04. The molecular weight excluding hydrogens is 333 g/mol. The second-order valence-electron chi connectivity index (χ2n) is 5.12. The summed E-state index contributed by atoms with van der Waals surface area (Å²) in [6.07, 6.45) is 1.49. The molecule has 5 N–H and O–H groups in total. The molecule has 8 heteroatoms. The number of hydrogen-bond acceptors (Lipinski definition) is 4. The largest absolute Gasteiger partial charge is 0.368 e. The predicted octanol–water partition coefficient (Wildman–Crippen LogP) is 2.69. The predicted molar refractivity (Wildman–Crippen MR) is 92.1 cm³/mol. The van der Waals surface area contributed by atoms with Crippen molar-refractivity contribution in [2.24, 2.45) is 5.73 Å². The molecular formula is C16H15ClFN5O. The van der Waals surface area contributed by atoms with Crippen molar-refractivity contribution >= 4 is 24.3 Å². The van der Waals surface area contributed by atoms with Crippen LogP contribution >= 0.6 is 12.4 Å². The number of carbonyl (C=O) groups is 1. The summed E-state index contributed by atoms with van der Waals surface area (Å²) < 4.78 is 14.2. The summed E-state index contributed by atoms with van der Waals surface area (Å²) >= 11 is 0. The maximum Gasteiger partial charge on any atom is 0.250 e. The minimum Gasteiger partial charge on any atom is -0.368 e. The monoisotopic (exact) mass is 347 g/mol. The maximum absolute atomic E-state index is 14.2. The number of rotatable bonds is 3. The molecule has 2 aromatic heterocycles. The van der Waals surface area contributed by atoms with Crippen LogP contribution in [0.5, 0.6) is 0 Å². The topological polar surface area (TPSA) is 111 Å². The van der Waals surface area contributed by atoms with E-state index in [1.807, 2.05) is 0 Å². The minimum absolute atomic E-state index is 0. The Morgan fingerprint density at radius 1 is 1.25 bits per heavy atom. The summed E-state index contributed by atoms with van der Waals surface area (Å²) in [6.45, 7) is 1.78. The molecule has 24 heavy (non-hydrogen) atoms. The molecule has 0 bridgehead atoms. The van der Waals surface area contributed by atoms with Gasteiger partial charge in [0, 0.05) is 11.8 Å². The highest BCUT2D eigenvalue weighted by atomic mass is 35.5. The number of primary amides is 1. The number of halogens is 2. The average Bonchev–Trinajstić information content (AvgIpc) is 2.92. The molecule has 0 saturated carbocycles. The number of amides is 1. The third-order valence-corrected chi connectivity index (χ3v) is 3.43. The number of nitrogens with zero attached hydrogens (tertiary/aromatic N) is 2. The number of nitrogens with two attached hydrogens (primary N) is 2.